The van der Waals surface area contributed by atoms with Crippen LogP contribution in [0.15, 0.2) is 18.2 Å². The maximum Gasteiger partial charge on any atom is 0.146 e. The highest BCUT2D eigenvalue weighted by molar-refractivity contribution is 7.98. The molecule has 0 aliphatic rings. The van der Waals surface area contributed by atoms with E-state index in [2.05, 4.69) is 11.6 Å². The van der Waals surface area contributed by atoms with Crippen molar-refractivity contribution in [2.24, 2.45) is 0 Å². The summed E-state index contributed by atoms with van der Waals surface area (Å²) in [4.78, 5) is 2.00. The van der Waals surface area contributed by atoms with Crippen LogP contribution in [0.4, 0.5) is 10.1 Å². The van der Waals surface area contributed by atoms with Gasteiger partial charge in [-0.25, -0.2) is 4.39 Å². The molecule has 0 bridgehead atoms. The van der Waals surface area contributed by atoms with Gasteiger partial charge in [-0.15, -0.1) is 0 Å². The number of hydrogen-bond acceptors (Lipinski definition) is 3. The largest absolute Gasteiger partial charge is 0.371 e. The Kier molecular flexibility index (Phi) is 5.78. The van der Waals surface area contributed by atoms with Gasteiger partial charge >= 0.3 is 0 Å². The average Bonchev–Trinajstić information content (AvgIpc) is 2.34. The molecule has 1 rings (SSSR count). The summed E-state index contributed by atoms with van der Waals surface area (Å²) in [6.07, 6.45) is 2.06. The molecular weight excluding hydrogens is 235 g/mol. The molecule has 0 aliphatic heterocycles. The summed E-state index contributed by atoms with van der Waals surface area (Å²) in [5.74, 6) is 0.853. The molecule has 0 saturated heterocycles. The molecule has 0 amide bonds. The lowest BCUT2D eigenvalue weighted by molar-refractivity contribution is 0.604. The maximum atomic E-state index is 13.9. The predicted octanol–water partition coefficient (Wildman–Crippen LogP) is 2.91. The Labute approximate surface area is 108 Å². The van der Waals surface area contributed by atoms with Gasteiger partial charge in [-0.2, -0.15) is 11.8 Å². The van der Waals surface area contributed by atoms with E-state index in [0.29, 0.717) is 5.69 Å². The molecule has 1 unspecified atom stereocenters. The molecule has 0 heterocycles. The van der Waals surface area contributed by atoms with Crippen LogP contribution >= 0.6 is 11.8 Å². The Morgan fingerprint density at radius 3 is 2.76 bits per heavy atom. The minimum absolute atomic E-state index is 0.145. The van der Waals surface area contributed by atoms with Crippen LogP contribution in [-0.2, 0) is 0 Å². The molecule has 2 nitrogen and oxygen atoms in total. The van der Waals surface area contributed by atoms with E-state index in [9.17, 15) is 4.39 Å². The van der Waals surface area contributed by atoms with Crippen molar-refractivity contribution < 1.29 is 4.39 Å². The molecule has 0 aliphatic carbocycles. The zero-order valence-corrected chi connectivity index (χ0v) is 11.8. The number of rotatable bonds is 6. The molecule has 17 heavy (non-hydrogen) atoms. The highest BCUT2D eigenvalue weighted by Crippen LogP contribution is 2.28. The number of thioether (sulfide) groups is 1. The first-order chi connectivity index (χ1) is 8.11. The van der Waals surface area contributed by atoms with E-state index >= 15 is 0 Å². The first-order valence-corrected chi connectivity index (χ1v) is 7.17. The summed E-state index contributed by atoms with van der Waals surface area (Å²) in [5, 5.41) is 3.16. The fourth-order valence-electron chi connectivity index (χ4n) is 1.78. The molecule has 0 fully saturated rings. The predicted molar refractivity (Wildman–Crippen MR) is 75.5 cm³/mol. The molecule has 0 saturated carbocycles. The Bertz CT molecular complexity index is 357. The number of halogens is 1. The fraction of sp³-hybridized carbons (Fsp3) is 0.538. The van der Waals surface area contributed by atoms with Gasteiger partial charge in [-0.1, -0.05) is 12.1 Å². The molecule has 96 valence electrons. The molecule has 0 aromatic heterocycles. The Morgan fingerprint density at radius 2 is 2.18 bits per heavy atom. The SMILES string of the molecule is CNC(C)c1cccc(F)c1N(C)CCSC. The first kappa shape index (κ1) is 14.3. The monoisotopic (exact) mass is 256 g/mol. The van der Waals surface area contributed by atoms with Crippen LogP contribution in [0.25, 0.3) is 0 Å². The Hall–Kier alpha value is -0.740. The summed E-state index contributed by atoms with van der Waals surface area (Å²) in [6, 6.07) is 5.42. The smallest absolute Gasteiger partial charge is 0.146 e. The summed E-state index contributed by atoms with van der Waals surface area (Å²) in [5.41, 5.74) is 1.72. The number of para-hydroxylation sites is 1. The molecule has 1 atom stereocenters. The Morgan fingerprint density at radius 1 is 1.47 bits per heavy atom. The number of benzene rings is 1. The van der Waals surface area contributed by atoms with Crippen molar-refractivity contribution in [3.05, 3.63) is 29.6 Å². The second kappa shape index (κ2) is 6.87. The summed E-state index contributed by atoms with van der Waals surface area (Å²) in [7, 11) is 3.84. The van der Waals surface area contributed by atoms with E-state index in [1.165, 1.54) is 6.07 Å². The topological polar surface area (TPSA) is 15.3 Å². The lowest BCUT2D eigenvalue weighted by Gasteiger charge is -2.25. The molecule has 0 spiro atoms. The van der Waals surface area contributed by atoms with Crippen molar-refractivity contribution in [1.29, 1.82) is 0 Å². The molecule has 1 aromatic rings. The second-order valence-electron chi connectivity index (χ2n) is 4.10. The van der Waals surface area contributed by atoms with E-state index < -0.39 is 0 Å². The normalized spacial score (nSPS) is 12.5. The molecule has 0 radical (unpaired) electrons. The highest BCUT2D eigenvalue weighted by atomic mass is 32.2. The van der Waals surface area contributed by atoms with E-state index in [4.69, 9.17) is 0 Å². The van der Waals surface area contributed by atoms with Crippen LogP contribution in [0.1, 0.15) is 18.5 Å². The quantitative estimate of drug-likeness (QED) is 0.842. The van der Waals surface area contributed by atoms with Gasteiger partial charge in [0.05, 0.1) is 5.69 Å². The van der Waals surface area contributed by atoms with Gasteiger partial charge < -0.3 is 10.2 Å². The lowest BCUT2D eigenvalue weighted by atomic mass is 10.0. The van der Waals surface area contributed by atoms with Crippen molar-refractivity contribution in [2.45, 2.75) is 13.0 Å². The van der Waals surface area contributed by atoms with Crippen LogP contribution < -0.4 is 10.2 Å². The highest BCUT2D eigenvalue weighted by Gasteiger charge is 2.16. The van der Waals surface area contributed by atoms with E-state index in [1.54, 1.807) is 17.8 Å². The minimum atomic E-state index is -0.145. The van der Waals surface area contributed by atoms with E-state index in [-0.39, 0.29) is 11.9 Å². The second-order valence-corrected chi connectivity index (χ2v) is 5.09. The number of anilines is 1. The van der Waals surface area contributed by atoms with Crippen molar-refractivity contribution in [3.63, 3.8) is 0 Å². The lowest BCUT2D eigenvalue weighted by Crippen LogP contribution is -2.25. The summed E-state index contributed by atoms with van der Waals surface area (Å²) in [6.45, 7) is 2.90. The number of hydrogen-bond donors (Lipinski definition) is 1. The van der Waals surface area contributed by atoms with Crippen molar-refractivity contribution in [1.82, 2.24) is 5.32 Å². The van der Waals surface area contributed by atoms with Gasteiger partial charge in [-0.3, -0.25) is 0 Å². The van der Waals surface area contributed by atoms with Crippen molar-refractivity contribution >= 4 is 17.4 Å². The van der Waals surface area contributed by atoms with Crippen LogP contribution in [-0.4, -0.2) is 32.6 Å². The van der Waals surface area contributed by atoms with Gasteiger partial charge in [0.1, 0.15) is 5.82 Å². The first-order valence-electron chi connectivity index (χ1n) is 5.77. The minimum Gasteiger partial charge on any atom is -0.371 e. The van der Waals surface area contributed by atoms with Crippen molar-refractivity contribution in [2.75, 3.05) is 37.5 Å². The fourth-order valence-corrected chi connectivity index (χ4v) is 2.24. The summed E-state index contributed by atoms with van der Waals surface area (Å²) < 4.78 is 13.9. The van der Waals surface area contributed by atoms with Crippen LogP contribution in [0.3, 0.4) is 0 Å². The van der Waals surface area contributed by atoms with Crippen LogP contribution in [0, 0.1) is 5.82 Å². The van der Waals surface area contributed by atoms with Crippen molar-refractivity contribution in [3.8, 4) is 0 Å². The van der Waals surface area contributed by atoms with Gasteiger partial charge in [0.2, 0.25) is 0 Å². The average molecular weight is 256 g/mol. The Balaban J connectivity index is 3.02. The standard InChI is InChI=1S/C13H21FN2S/c1-10(15-2)11-6-5-7-12(14)13(11)16(3)8-9-17-4/h5-7,10,15H,8-9H2,1-4H3. The molecule has 1 aromatic carbocycles. The van der Waals surface area contributed by atoms with E-state index in [0.717, 1.165) is 17.9 Å². The molecule has 1 N–H and O–H groups in total. The van der Waals surface area contributed by atoms with Gasteiger partial charge in [0.25, 0.3) is 0 Å². The van der Waals surface area contributed by atoms with Crippen LogP contribution in [0.5, 0.6) is 0 Å². The third-order valence-corrected chi connectivity index (χ3v) is 3.52. The number of nitrogens with one attached hydrogen (secondary N) is 1. The molecular formula is C13H21FN2S. The van der Waals surface area contributed by atoms with Gasteiger partial charge in [-0.05, 0) is 31.9 Å². The number of nitrogens with zero attached hydrogens (tertiary/aromatic N) is 1. The zero-order chi connectivity index (χ0) is 12.8. The molecule has 4 heteroatoms. The van der Waals surface area contributed by atoms with E-state index in [1.807, 2.05) is 32.0 Å². The van der Waals surface area contributed by atoms with Crippen LogP contribution in [0.2, 0.25) is 0 Å². The zero-order valence-electron chi connectivity index (χ0n) is 11.0. The summed E-state index contributed by atoms with van der Waals surface area (Å²) >= 11 is 1.77. The third kappa shape index (κ3) is 3.61. The maximum absolute atomic E-state index is 13.9. The third-order valence-electron chi connectivity index (χ3n) is 2.93. The van der Waals surface area contributed by atoms with Gasteiger partial charge in [0.15, 0.2) is 0 Å². The van der Waals surface area contributed by atoms with Gasteiger partial charge in [0, 0.05) is 25.4 Å².